The number of ether oxygens (including phenoxy) is 1. The van der Waals surface area contributed by atoms with Crippen molar-refractivity contribution in [2.75, 3.05) is 5.32 Å². The molecule has 3 aromatic heterocycles. The molecule has 8 heteroatoms. The van der Waals surface area contributed by atoms with Crippen molar-refractivity contribution in [2.24, 2.45) is 0 Å². The van der Waals surface area contributed by atoms with Gasteiger partial charge in [-0.1, -0.05) is 41.4 Å². The van der Waals surface area contributed by atoms with E-state index in [-0.39, 0.29) is 11.4 Å². The van der Waals surface area contributed by atoms with Crippen molar-refractivity contribution >= 4 is 34.5 Å². The molecule has 1 aromatic carbocycles. The molecule has 0 aliphatic heterocycles. The zero-order chi connectivity index (χ0) is 19.5. The number of benzene rings is 1. The first-order valence-electron chi connectivity index (χ1n) is 8.39. The van der Waals surface area contributed by atoms with E-state index in [1.165, 1.54) is 16.7 Å². The minimum absolute atomic E-state index is 0.135. The van der Waals surface area contributed by atoms with Gasteiger partial charge in [-0.05, 0) is 30.3 Å². The Kier molecular flexibility index (Phi) is 5.14. The van der Waals surface area contributed by atoms with Crippen molar-refractivity contribution in [1.82, 2.24) is 14.4 Å². The number of rotatable bonds is 5. The van der Waals surface area contributed by atoms with Gasteiger partial charge in [0.05, 0.1) is 22.9 Å². The summed E-state index contributed by atoms with van der Waals surface area (Å²) < 4.78 is 7.32. The fourth-order valence-electron chi connectivity index (χ4n) is 2.66. The summed E-state index contributed by atoms with van der Waals surface area (Å²) in [4.78, 5) is 20.8. The number of nitrogens with one attached hydrogen (secondary N) is 1. The van der Waals surface area contributed by atoms with Crippen molar-refractivity contribution in [3.63, 3.8) is 0 Å². The second-order valence-corrected chi connectivity index (χ2v) is 6.75. The van der Waals surface area contributed by atoms with Crippen LogP contribution in [0.4, 0.5) is 5.69 Å². The van der Waals surface area contributed by atoms with Crippen LogP contribution in [0.15, 0.2) is 71.8 Å². The molecule has 0 fully saturated rings. The number of para-hydroxylation sites is 2. The number of hydrogen-bond donors (Lipinski definition) is 1. The van der Waals surface area contributed by atoms with Crippen LogP contribution in [0, 0.1) is 0 Å². The molecule has 0 saturated carbocycles. The molecule has 3 heterocycles. The molecule has 0 saturated heterocycles. The molecule has 0 spiro atoms. The predicted octanol–water partition coefficient (Wildman–Crippen LogP) is 4.80. The Hall–Kier alpha value is -3.09. The highest BCUT2D eigenvalue weighted by Gasteiger charge is 2.10. The summed E-state index contributed by atoms with van der Waals surface area (Å²) in [5.41, 5.74) is 1.79. The van der Waals surface area contributed by atoms with E-state index in [1.54, 1.807) is 30.5 Å². The molecular formula is C20H14Cl2N4O2. The average Bonchev–Trinajstić information content (AvgIpc) is 2.69. The van der Waals surface area contributed by atoms with Gasteiger partial charge in [0.1, 0.15) is 10.7 Å². The van der Waals surface area contributed by atoms with Crippen LogP contribution in [-0.4, -0.2) is 14.4 Å². The number of halogens is 2. The summed E-state index contributed by atoms with van der Waals surface area (Å²) in [6.45, 7) is 0.350. The zero-order valence-corrected chi connectivity index (χ0v) is 16.0. The van der Waals surface area contributed by atoms with Gasteiger partial charge in [-0.25, -0.2) is 9.97 Å². The first-order valence-corrected chi connectivity index (χ1v) is 9.15. The highest BCUT2D eigenvalue weighted by Crippen LogP contribution is 2.33. The number of aromatic nitrogens is 3. The molecule has 4 rings (SSSR count). The molecular weight excluding hydrogens is 399 g/mol. The molecule has 0 aliphatic rings. The second kappa shape index (κ2) is 7.88. The number of hydrogen-bond acceptors (Lipinski definition) is 5. The van der Waals surface area contributed by atoms with E-state index in [1.807, 2.05) is 24.3 Å². The molecule has 6 nitrogen and oxygen atoms in total. The monoisotopic (exact) mass is 412 g/mol. The summed E-state index contributed by atoms with van der Waals surface area (Å²) in [7, 11) is 0. The number of fused-ring (bicyclic) bond motifs is 1. The van der Waals surface area contributed by atoms with Crippen LogP contribution < -0.4 is 15.6 Å². The van der Waals surface area contributed by atoms with Crippen molar-refractivity contribution in [1.29, 1.82) is 0 Å². The number of nitrogens with zero attached hydrogens (tertiary/aromatic N) is 3. The fraction of sp³-hybridized carbons (Fsp3) is 0.0500. The minimum atomic E-state index is -0.135. The van der Waals surface area contributed by atoms with Crippen LogP contribution in [0.1, 0.15) is 5.69 Å². The van der Waals surface area contributed by atoms with E-state index in [2.05, 4.69) is 15.3 Å². The normalized spacial score (nSPS) is 10.8. The smallest absolute Gasteiger partial charge is 0.258 e. The number of anilines is 1. The van der Waals surface area contributed by atoms with Gasteiger partial charge < -0.3 is 10.1 Å². The molecule has 0 atom stereocenters. The maximum Gasteiger partial charge on any atom is 0.258 e. The van der Waals surface area contributed by atoms with E-state index < -0.39 is 0 Å². The van der Waals surface area contributed by atoms with E-state index >= 15 is 0 Å². The summed E-state index contributed by atoms with van der Waals surface area (Å²) in [5, 5.41) is 3.98. The SMILES string of the molecule is O=c1cc(CNc2ccccc2Oc2ncc(Cl)cc2Cl)nc2ccccn12. The third-order valence-corrected chi connectivity index (χ3v) is 4.43. The molecule has 0 amide bonds. The molecule has 140 valence electrons. The van der Waals surface area contributed by atoms with E-state index in [4.69, 9.17) is 27.9 Å². The summed E-state index contributed by atoms with van der Waals surface area (Å²) in [5.74, 6) is 0.791. The average molecular weight is 413 g/mol. The van der Waals surface area contributed by atoms with Gasteiger partial charge in [0, 0.05) is 18.5 Å². The number of pyridine rings is 2. The van der Waals surface area contributed by atoms with Crippen LogP contribution in [0.25, 0.3) is 5.65 Å². The van der Waals surface area contributed by atoms with Crippen molar-refractivity contribution in [2.45, 2.75) is 6.54 Å². The van der Waals surface area contributed by atoms with Crippen LogP contribution in [0.2, 0.25) is 10.0 Å². The van der Waals surface area contributed by atoms with E-state index in [0.29, 0.717) is 39.4 Å². The largest absolute Gasteiger partial charge is 0.435 e. The second-order valence-electron chi connectivity index (χ2n) is 5.91. The first-order chi connectivity index (χ1) is 13.6. The quantitative estimate of drug-likeness (QED) is 0.509. The standard InChI is InChI=1S/C20H14Cl2N4O2/c21-13-9-15(22)20(24-11-13)28-17-6-2-1-5-16(17)23-12-14-10-19(27)26-8-4-3-7-18(26)25-14/h1-11,23H,12H2. The van der Waals surface area contributed by atoms with Gasteiger partial charge in [0.2, 0.25) is 5.88 Å². The predicted molar refractivity (Wildman–Crippen MR) is 110 cm³/mol. The molecule has 0 unspecified atom stereocenters. The maximum absolute atomic E-state index is 12.2. The minimum Gasteiger partial charge on any atom is -0.435 e. The summed E-state index contributed by atoms with van der Waals surface area (Å²) in [6.07, 6.45) is 3.15. The molecule has 0 radical (unpaired) electrons. The van der Waals surface area contributed by atoms with E-state index in [0.717, 1.165) is 0 Å². The third-order valence-electron chi connectivity index (χ3n) is 3.95. The van der Waals surface area contributed by atoms with Gasteiger partial charge in [0.15, 0.2) is 5.75 Å². The molecule has 4 aromatic rings. The van der Waals surface area contributed by atoms with Crippen LogP contribution in [0.3, 0.4) is 0 Å². The van der Waals surface area contributed by atoms with Gasteiger partial charge in [0.25, 0.3) is 5.56 Å². The highest BCUT2D eigenvalue weighted by atomic mass is 35.5. The van der Waals surface area contributed by atoms with Gasteiger partial charge in [-0.3, -0.25) is 9.20 Å². The molecule has 1 N–H and O–H groups in total. The van der Waals surface area contributed by atoms with Crippen molar-refractivity contribution in [3.05, 3.63) is 93.1 Å². The fourth-order valence-corrected chi connectivity index (χ4v) is 3.08. The Morgan fingerprint density at radius 3 is 2.75 bits per heavy atom. The maximum atomic E-state index is 12.2. The summed E-state index contributed by atoms with van der Waals surface area (Å²) >= 11 is 12.0. The molecule has 0 bridgehead atoms. The Bertz CT molecular complexity index is 1210. The molecule has 28 heavy (non-hydrogen) atoms. The lowest BCUT2D eigenvalue weighted by Gasteiger charge is -2.13. The summed E-state index contributed by atoms with van der Waals surface area (Å²) in [6, 6.07) is 15.8. The van der Waals surface area contributed by atoms with Crippen LogP contribution in [-0.2, 0) is 6.54 Å². The Morgan fingerprint density at radius 2 is 1.89 bits per heavy atom. The van der Waals surface area contributed by atoms with E-state index in [9.17, 15) is 4.79 Å². The Balaban J connectivity index is 1.57. The Labute approximate surface area is 170 Å². The lowest BCUT2D eigenvalue weighted by molar-refractivity contribution is 0.465. The van der Waals surface area contributed by atoms with Crippen molar-refractivity contribution < 1.29 is 4.74 Å². The third kappa shape index (κ3) is 3.93. The Morgan fingerprint density at radius 1 is 1.07 bits per heavy atom. The lowest BCUT2D eigenvalue weighted by Crippen LogP contribution is -2.16. The molecule has 0 aliphatic carbocycles. The van der Waals surface area contributed by atoms with Gasteiger partial charge >= 0.3 is 0 Å². The highest BCUT2D eigenvalue weighted by molar-refractivity contribution is 6.35. The zero-order valence-electron chi connectivity index (χ0n) is 14.5. The first kappa shape index (κ1) is 18.3. The van der Waals surface area contributed by atoms with Crippen LogP contribution >= 0.6 is 23.2 Å². The topological polar surface area (TPSA) is 68.5 Å². The van der Waals surface area contributed by atoms with Crippen molar-refractivity contribution in [3.8, 4) is 11.6 Å². The lowest BCUT2D eigenvalue weighted by atomic mass is 10.2. The van der Waals surface area contributed by atoms with Gasteiger partial charge in [-0.2, -0.15) is 0 Å². The van der Waals surface area contributed by atoms with Gasteiger partial charge in [-0.15, -0.1) is 0 Å². The van der Waals surface area contributed by atoms with Crippen LogP contribution in [0.5, 0.6) is 11.6 Å².